The predicted molar refractivity (Wildman–Crippen MR) is 109 cm³/mol. The smallest absolute Gasteiger partial charge is 0.334 e. The molecule has 0 saturated heterocycles. The first-order valence-corrected chi connectivity index (χ1v) is 10.8. The van der Waals surface area contributed by atoms with E-state index in [-0.39, 0.29) is 12.2 Å². The number of allylic oxidation sites excluding steroid dienone is 1. The summed E-state index contributed by atoms with van der Waals surface area (Å²) in [5.74, 6) is -1.63. The lowest BCUT2D eigenvalue weighted by Crippen LogP contribution is -2.20. The molecule has 27 heavy (non-hydrogen) atoms. The molecule has 0 radical (unpaired) electrons. The van der Waals surface area contributed by atoms with Crippen LogP contribution in [-0.4, -0.2) is 28.3 Å². The van der Waals surface area contributed by atoms with Gasteiger partial charge in [0, 0.05) is 6.42 Å². The van der Waals surface area contributed by atoms with Gasteiger partial charge in [-0.3, -0.25) is 4.79 Å². The lowest BCUT2D eigenvalue weighted by molar-refractivity contribution is -0.148. The molecule has 2 N–H and O–H groups in total. The summed E-state index contributed by atoms with van der Waals surface area (Å²) >= 11 is 0. The highest BCUT2D eigenvalue weighted by Crippen LogP contribution is 2.14. The highest BCUT2D eigenvalue weighted by atomic mass is 16.5. The molecule has 0 aromatic heterocycles. The van der Waals surface area contributed by atoms with Crippen molar-refractivity contribution in [3.63, 3.8) is 0 Å². The highest BCUT2D eigenvalue weighted by Gasteiger charge is 2.16. The number of hydrogen-bond acceptors (Lipinski definition) is 4. The maximum atomic E-state index is 11.8. The summed E-state index contributed by atoms with van der Waals surface area (Å²) in [6.45, 7) is 4.14. The van der Waals surface area contributed by atoms with E-state index >= 15 is 0 Å². The number of aliphatic hydroxyl groups is 1. The molecule has 0 aliphatic carbocycles. The van der Waals surface area contributed by atoms with Crippen molar-refractivity contribution >= 4 is 11.9 Å². The Kier molecular flexibility index (Phi) is 16.9. The monoisotopic (exact) mass is 384 g/mol. The third-order valence-electron chi connectivity index (χ3n) is 4.62. The van der Waals surface area contributed by atoms with Crippen molar-refractivity contribution < 1.29 is 24.5 Å². The molecule has 1 unspecified atom stereocenters. The third-order valence-corrected chi connectivity index (χ3v) is 4.62. The van der Waals surface area contributed by atoms with Gasteiger partial charge in [0.25, 0.3) is 0 Å². The minimum atomic E-state index is -0.990. The standard InChI is InChI=1S/C22H40O5/c1-3-5-6-7-8-9-10-11-12-13-14-16-19(23)17-22(26)27-20(15-4-2)18-21(24)25/h17,20,23H,3-16,18H2,1-2H3,(H,24,25). The molecule has 0 aliphatic rings. The van der Waals surface area contributed by atoms with Crippen LogP contribution in [0.2, 0.25) is 0 Å². The van der Waals surface area contributed by atoms with Crippen molar-refractivity contribution in [2.24, 2.45) is 0 Å². The topological polar surface area (TPSA) is 83.8 Å². The average Bonchev–Trinajstić information content (AvgIpc) is 2.59. The summed E-state index contributed by atoms with van der Waals surface area (Å²) in [4.78, 5) is 22.5. The van der Waals surface area contributed by atoms with E-state index in [1.807, 2.05) is 6.92 Å². The van der Waals surface area contributed by atoms with Gasteiger partial charge in [-0.1, -0.05) is 84.5 Å². The fourth-order valence-electron chi connectivity index (χ4n) is 3.10. The molecule has 5 nitrogen and oxygen atoms in total. The van der Waals surface area contributed by atoms with E-state index in [9.17, 15) is 14.7 Å². The molecular formula is C22H40O5. The number of hydrogen-bond donors (Lipinski definition) is 2. The first-order valence-electron chi connectivity index (χ1n) is 10.8. The van der Waals surface area contributed by atoms with Crippen LogP contribution in [0.3, 0.4) is 0 Å². The number of aliphatic hydroxyl groups excluding tert-OH is 1. The Labute approximate surface area is 165 Å². The summed E-state index contributed by atoms with van der Waals surface area (Å²) in [5.41, 5.74) is 0. The quantitative estimate of drug-likeness (QED) is 0.125. The number of esters is 1. The largest absolute Gasteiger partial charge is 0.512 e. The van der Waals surface area contributed by atoms with Crippen molar-refractivity contribution in [1.82, 2.24) is 0 Å². The summed E-state index contributed by atoms with van der Waals surface area (Å²) in [6.07, 6.45) is 15.5. The number of rotatable bonds is 18. The number of carbonyl (C=O) groups is 2. The van der Waals surface area contributed by atoms with Crippen LogP contribution in [-0.2, 0) is 14.3 Å². The van der Waals surface area contributed by atoms with Gasteiger partial charge in [-0.05, 0) is 12.8 Å². The van der Waals surface area contributed by atoms with E-state index < -0.39 is 18.0 Å². The zero-order valence-corrected chi connectivity index (χ0v) is 17.4. The Morgan fingerprint density at radius 1 is 0.815 bits per heavy atom. The van der Waals surface area contributed by atoms with Crippen molar-refractivity contribution in [3.05, 3.63) is 11.8 Å². The molecule has 0 aromatic carbocycles. The Morgan fingerprint density at radius 3 is 1.81 bits per heavy atom. The van der Waals surface area contributed by atoms with Gasteiger partial charge < -0.3 is 14.9 Å². The summed E-state index contributed by atoms with van der Waals surface area (Å²) in [7, 11) is 0. The molecule has 0 fully saturated rings. The Hall–Kier alpha value is -1.52. The molecule has 0 saturated carbocycles. The molecular weight excluding hydrogens is 344 g/mol. The molecule has 0 spiro atoms. The van der Waals surface area contributed by atoms with Gasteiger partial charge in [-0.25, -0.2) is 4.79 Å². The van der Waals surface area contributed by atoms with Gasteiger partial charge in [0.15, 0.2) is 0 Å². The van der Waals surface area contributed by atoms with Crippen molar-refractivity contribution in [1.29, 1.82) is 0 Å². The van der Waals surface area contributed by atoms with E-state index in [4.69, 9.17) is 9.84 Å². The zero-order chi connectivity index (χ0) is 20.3. The lowest BCUT2D eigenvalue weighted by Gasteiger charge is -2.14. The number of carbonyl (C=O) groups excluding carboxylic acids is 1. The van der Waals surface area contributed by atoms with Gasteiger partial charge in [0.1, 0.15) is 6.10 Å². The number of aliphatic carboxylic acids is 1. The predicted octanol–water partition coefficient (Wildman–Crippen LogP) is 6.32. The van der Waals surface area contributed by atoms with E-state index in [1.165, 1.54) is 51.4 Å². The van der Waals surface area contributed by atoms with E-state index in [1.54, 1.807) is 0 Å². The molecule has 0 heterocycles. The number of unbranched alkanes of at least 4 members (excludes halogenated alkanes) is 10. The minimum Gasteiger partial charge on any atom is -0.512 e. The Balaban J connectivity index is 3.76. The number of ether oxygens (including phenoxy) is 1. The molecule has 5 heteroatoms. The molecule has 0 bridgehead atoms. The Bertz CT molecular complexity index is 417. The van der Waals surface area contributed by atoms with Crippen LogP contribution in [0.15, 0.2) is 11.8 Å². The zero-order valence-electron chi connectivity index (χ0n) is 17.4. The maximum Gasteiger partial charge on any atom is 0.334 e. The van der Waals surface area contributed by atoms with Crippen LogP contribution >= 0.6 is 0 Å². The van der Waals surface area contributed by atoms with Crippen LogP contribution < -0.4 is 0 Å². The van der Waals surface area contributed by atoms with Crippen molar-refractivity contribution in [3.8, 4) is 0 Å². The van der Waals surface area contributed by atoms with E-state index in [0.29, 0.717) is 12.8 Å². The maximum absolute atomic E-state index is 11.8. The van der Waals surface area contributed by atoms with Crippen LogP contribution in [0.25, 0.3) is 0 Å². The fraction of sp³-hybridized carbons (Fsp3) is 0.818. The molecule has 158 valence electrons. The average molecular weight is 385 g/mol. The first-order chi connectivity index (χ1) is 13.0. The van der Waals surface area contributed by atoms with Crippen LogP contribution in [0.1, 0.15) is 110 Å². The van der Waals surface area contributed by atoms with E-state index in [2.05, 4.69) is 6.92 Å². The van der Waals surface area contributed by atoms with Gasteiger partial charge in [-0.2, -0.15) is 0 Å². The number of carboxylic acid groups (broad SMARTS) is 1. The van der Waals surface area contributed by atoms with Gasteiger partial charge in [-0.15, -0.1) is 0 Å². The van der Waals surface area contributed by atoms with Crippen molar-refractivity contribution in [2.45, 2.75) is 116 Å². The molecule has 0 amide bonds. The lowest BCUT2D eigenvalue weighted by atomic mass is 10.0. The first kappa shape index (κ1) is 25.5. The van der Waals surface area contributed by atoms with Crippen LogP contribution in [0, 0.1) is 0 Å². The Morgan fingerprint density at radius 2 is 1.33 bits per heavy atom. The van der Waals surface area contributed by atoms with Crippen molar-refractivity contribution in [2.75, 3.05) is 0 Å². The summed E-state index contributed by atoms with van der Waals surface area (Å²) in [5, 5.41) is 18.6. The molecule has 1 atom stereocenters. The minimum absolute atomic E-state index is 0.0153. The second kappa shape index (κ2) is 17.9. The molecule has 0 aromatic rings. The normalized spacial score (nSPS) is 12.7. The fourth-order valence-corrected chi connectivity index (χ4v) is 3.10. The van der Waals surface area contributed by atoms with Crippen LogP contribution in [0.5, 0.6) is 0 Å². The highest BCUT2D eigenvalue weighted by molar-refractivity contribution is 5.82. The SMILES string of the molecule is CCCCCCCCCCCCCC(O)=CC(=O)OC(CCC)CC(=O)O. The van der Waals surface area contributed by atoms with Gasteiger partial charge in [0.05, 0.1) is 18.3 Å². The van der Waals surface area contributed by atoms with Gasteiger partial charge >= 0.3 is 11.9 Å². The second-order valence-electron chi connectivity index (χ2n) is 7.37. The second-order valence-corrected chi connectivity index (χ2v) is 7.37. The molecule has 0 rings (SSSR count). The summed E-state index contributed by atoms with van der Waals surface area (Å²) in [6, 6.07) is 0. The summed E-state index contributed by atoms with van der Waals surface area (Å²) < 4.78 is 5.12. The van der Waals surface area contributed by atoms with Crippen LogP contribution in [0.4, 0.5) is 0 Å². The van der Waals surface area contributed by atoms with Gasteiger partial charge in [0.2, 0.25) is 0 Å². The third kappa shape index (κ3) is 17.6. The number of carboxylic acids is 1. The van der Waals surface area contributed by atoms with E-state index in [0.717, 1.165) is 31.8 Å². The molecule has 0 aliphatic heterocycles.